The number of fused-ring (bicyclic) bond motifs is 2. The molecule has 1 N–H and O–H groups in total. The normalized spacial score (nSPS) is 16.8. The van der Waals surface area contributed by atoms with E-state index in [1.807, 2.05) is 41.9 Å². The molecule has 0 saturated carbocycles. The lowest BCUT2D eigenvalue weighted by molar-refractivity contribution is -0.135. The summed E-state index contributed by atoms with van der Waals surface area (Å²) in [5.41, 5.74) is 4.32. The quantitative estimate of drug-likeness (QED) is 0.695. The van der Waals surface area contributed by atoms with Crippen LogP contribution < -0.4 is 10.2 Å². The molecule has 5 rings (SSSR count). The zero-order chi connectivity index (χ0) is 20.7. The molecule has 0 radical (unpaired) electrons. The summed E-state index contributed by atoms with van der Waals surface area (Å²) in [6, 6.07) is 9.62. The molecule has 1 aromatic carbocycles. The highest BCUT2D eigenvalue weighted by Crippen LogP contribution is 2.32. The molecule has 0 bridgehead atoms. The molecular weight excluding hydrogens is 400 g/mol. The van der Waals surface area contributed by atoms with Crippen molar-refractivity contribution in [1.29, 1.82) is 0 Å². The van der Waals surface area contributed by atoms with Gasteiger partial charge in [-0.05, 0) is 30.7 Å². The average Bonchev–Trinajstić information content (AvgIpc) is 3.03. The molecule has 8 heteroatoms. The summed E-state index contributed by atoms with van der Waals surface area (Å²) >= 11 is 6.08. The SMILES string of the molecule is CN(Cc1cccc(Cl)c1)C(=O)C1CN(c2c3c(nc4ccnn24)CCNCC3)C1. The second kappa shape index (κ2) is 7.89. The maximum atomic E-state index is 13.0. The van der Waals surface area contributed by atoms with Crippen molar-refractivity contribution < 1.29 is 4.79 Å². The first kappa shape index (κ1) is 19.3. The summed E-state index contributed by atoms with van der Waals surface area (Å²) in [5.74, 6) is 1.27. The third kappa shape index (κ3) is 3.52. The smallest absolute Gasteiger partial charge is 0.229 e. The Morgan fingerprint density at radius 3 is 2.93 bits per heavy atom. The molecule has 2 aliphatic heterocycles. The molecule has 30 heavy (non-hydrogen) atoms. The second-order valence-electron chi connectivity index (χ2n) is 8.14. The van der Waals surface area contributed by atoms with Crippen molar-refractivity contribution in [3.63, 3.8) is 0 Å². The Kier molecular flexibility index (Phi) is 5.08. The number of hydrogen-bond acceptors (Lipinski definition) is 5. The van der Waals surface area contributed by atoms with E-state index in [4.69, 9.17) is 16.6 Å². The average molecular weight is 425 g/mol. The minimum Gasteiger partial charge on any atom is -0.354 e. The fraction of sp³-hybridized carbons (Fsp3) is 0.409. The van der Waals surface area contributed by atoms with Gasteiger partial charge in [0.2, 0.25) is 5.91 Å². The monoisotopic (exact) mass is 424 g/mol. The third-order valence-electron chi connectivity index (χ3n) is 6.00. The van der Waals surface area contributed by atoms with Crippen molar-refractivity contribution in [2.45, 2.75) is 19.4 Å². The van der Waals surface area contributed by atoms with Crippen LogP contribution in [0.5, 0.6) is 0 Å². The predicted octanol–water partition coefficient (Wildman–Crippen LogP) is 2.17. The number of benzene rings is 1. The van der Waals surface area contributed by atoms with E-state index >= 15 is 0 Å². The van der Waals surface area contributed by atoms with Crippen LogP contribution in [-0.4, -0.2) is 58.6 Å². The Bertz CT molecular complexity index is 1090. The molecule has 0 aliphatic carbocycles. The topological polar surface area (TPSA) is 65.8 Å². The number of hydrogen-bond donors (Lipinski definition) is 1. The zero-order valence-electron chi connectivity index (χ0n) is 17.0. The summed E-state index contributed by atoms with van der Waals surface area (Å²) in [7, 11) is 1.86. The van der Waals surface area contributed by atoms with Crippen LogP contribution in [0, 0.1) is 5.92 Å². The van der Waals surface area contributed by atoms with Gasteiger partial charge in [0.1, 0.15) is 5.82 Å². The van der Waals surface area contributed by atoms with E-state index in [1.165, 1.54) is 5.56 Å². The molecule has 0 atom stereocenters. The van der Waals surface area contributed by atoms with Crippen LogP contribution in [0.15, 0.2) is 36.5 Å². The molecule has 1 saturated heterocycles. The van der Waals surface area contributed by atoms with E-state index in [1.54, 1.807) is 11.1 Å². The van der Waals surface area contributed by atoms with Crippen LogP contribution in [-0.2, 0) is 24.2 Å². The molecule has 3 aromatic rings. The van der Waals surface area contributed by atoms with E-state index < -0.39 is 0 Å². The molecule has 4 heterocycles. The lowest BCUT2D eigenvalue weighted by Gasteiger charge is -2.42. The first-order valence-electron chi connectivity index (χ1n) is 10.4. The number of halogens is 1. The second-order valence-corrected chi connectivity index (χ2v) is 8.57. The van der Waals surface area contributed by atoms with Gasteiger partial charge >= 0.3 is 0 Å². The molecular formula is C22H25ClN6O. The number of rotatable bonds is 4. The van der Waals surface area contributed by atoms with Crippen LogP contribution in [0.25, 0.3) is 5.65 Å². The number of aromatic nitrogens is 3. The standard InChI is InChI=1S/C22H25ClN6O/c1-27(12-15-3-2-4-17(23)11-15)22(30)16-13-28(14-16)21-18-5-8-24-9-6-19(18)26-20-7-10-25-29(20)21/h2-4,7,10-11,16,24H,5-6,8-9,12-14H2,1H3. The van der Waals surface area contributed by atoms with E-state index in [-0.39, 0.29) is 11.8 Å². The van der Waals surface area contributed by atoms with Gasteiger partial charge in [0, 0.05) is 56.3 Å². The molecule has 156 valence electrons. The number of carbonyl (C=O) groups is 1. The molecule has 2 aliphatic rings. The Balaban J connectivity index is 1.33. The minimum atomic E-state index is -0.00693. The Morgan fingerprint density at radius 2 is 2.10 bits per heavy atom. The van der Waals surface area contributed by atoms with Crippen molar-refractivity contribution in [3.05, 3.63) is 58.4 Å². The van der Waals surface area contributed by atoms with Gasteiger partial charge < -0.3 is 15.1 Å². The van der Waals surface area contributed by atoms with Crippen LogP contribution in [0.4, 0.5) is 5.82 Å². The molecule has 0 spiro atoms. The van der Waals surface area contributed by atoms with Gasteiger partial charge in [0.15, 0.2) is 5.65 Å². The van der Waals surface area contributed by atoms with Crippen molar-refractivity contribution in [3.8, 4) is 0 Å². The summed E-state index contributed by atoms with van der Waals surface area (Å²) in [5, 5.41) is 8.66. The van der Waals surface area contributed by atoms with Gasteiger partial charge in [-0.3, -0.25) is 4.79 Å². The number of amides is 1. The Labute approximate surface area is 180 Å². The summed E-state index contributed by atoms with van der Waals surface area (Å²) in [6.45, 7) is 3.86. The largest absolute Gasteiger partial charge is 0.354 e. The summed E-state index contributed by atoms with van der Waals surface area (Å²) in [6.07, 6.45) is 3.64. The summed E-state index contributed by atoms with van der Waals surface area (Å²) in [4.78, 5) is 21.9. The molecule has 2 aromatic heterocycles. The van der Waals surface area contributed by atoms with Gasteiger partial charge in [-0.25, -0.2) is 4.98 Å². The number of nitrogens with one attached hydrogen (secondary N) is 1. The van der Waals surface area contributed by atoms with Crippen LogP contribution in [0.3, 0.4) is 0 Å². The first-order chi connectivity index (χ1) is 14.6. The highest BCUT2D eigenvalue weighted by Gasteiger charge is 2.37. The van der Waals surface area contributed by atoms with Crippen molar-refractivity contribution in [2.24, 2.45) is 5.92 Å². The van der Waals surface area contributed by atoms with E-state index in [2.05, 4.69) is 15.3 Å². The highest BCUT2D eigenvalue weighted by atomic mass is 35.5. The lowest BCUT2D eigenvalue weighted by Crippen LogP contribution is -2.54. The van der Waals surface area contributed by atoms with Crippen molar-refractivity contribution in [1.82, 2.24) is 24.8 Å². The van der Waals surface area contributed by atoms with E-state index in [0.29, 0.717) is 24.7 Å². The zero-order valence-corrected chi connectivity index (χ0v) is 17.8. The van der Waals surface area contributed by atoms with E-state index in [9.17, 15) is 4.79 Å². The van der Waals surface area contributed by atoms with Crippen LogP contribution in [0.2, 0.25) is 5.02 Å². The maximum Gasteiger partial charge on any atom is 0.229 e. The first-order valence-corrected chi connectivity index (χ1v) is 10.8. The molecule has 1 amide bonds. The summed E-state index contributed by atoms with van der Waals surface area (Å²) < 4.78 is 1.93. The molecule has 0 unspecified atom stereocenters. The Hall–Kier alpha value is -2.64. The van der Waals surface area contributed by atoms with Crippen LogP contribution in [0.1, 0.15) is 16.8 Å². The third-order valence-corrected chi connectivity index (χ3v) is 6.23. The van der Waals surface area contributed by atoms with Gasteiger partial charge in [0.05, 0.1) is 17.8 Å². The van der Waals surface area contributed by atoms with Crippen LogP contribution >= 0.6 is 11.6 Å². The minimum absolute atomic E-state index is 0.00693. The van der Waals surface area contributed by atoms with Gasteiger partial charge in [-0.2, -0.15) is 9.61 Å². The molecule has 7 nitrogen and oxygen atoms in total. The molecule has 1 fully saturated rings. The fourth-order valence-corrected chi connectivity index (χ4v) is 4.66. The van der Waals surface area contributed by atoms with Crippen molar-refractivity contribution in [2.75, 3.05) is 38.1 Å². The van der Waals surface area contributed by atoms with Crippen molar-refractivity contribution >= 4 is 29.0 Å². The van der Waals surface area contributed by atoms with Gasteiger partial charge in [-0.1, -0.05) is 23.7 Å². The number of anilines is 1. The predicted molar refractivity (Wildman–Crippen MR) is 117 cm³/mol. The lowest BCUT2D eigenvalue weighted by atomic mass is 9.96. The maximum absolute atomic E-state index is 13.0. The highest BCUT2D eigenvalue weighted by molar-refractivity contribution is 6.30. The van der Waals surface area contributed by atoms with Gasteiger partial charge in [-0.15, -0.1) is 0 Å². The number of carbonyl (C=O) groups excluding carboxylic acids is 1. The fourth-order valence-electron chi connectivity index (χ4n) is 4.45. The number of nitrogens with zero attached hydrogens (tertiary/aromatic N) is 5. The van der Waals surface area contributed by atoms with E-state index in [0.717, 1.165) is 48.7 Å². The Morgan fingerprint density at radius 1 is 1.27 bits per heavy atom. The van der Waals surface area contributed by atoms with Gasteiger partial charge in [0.25, 0.3) is 0 Å².